The van der Waals surface area contributed by atoms with Crippen molar-refractivity contribution in [3.05, 3.63) is 46.4 Å². The summed E-state index contributed by atoms with van der Waals surface area (Å²) in [6, 6.07) is 3.46. The summed E-state index contributed by atoms with van der Waals surface area (Å²) in [5, 5.41) is 6.88. The molecule has 0 aliphatic heterocycles. The Morgan fingerprint density at radius 2 is 2.30 bits per heavy atom. The van der Waals surface area contributed by atoms with E-state index >= 15 is 0 Å². The number of esters is 1. The van der Waals surface area contributed by atoms with E-state index < -0.39 is 0 Å². The zero-order valence-electron chi connectivity index (χ0n) is 15.0. The topological polar surface area (TPSA) is 82.0 Å². The Balaban J connectivity index is 2.02. The molecule has 144 valence electrons. The van der Waals surface area contributed by atoms with Gasteiger partial charge in [-0.2, -0.15) is 5.10 Å². The van der Waals surface area contributed by atoms with Gasteiger partial charge < -0.3 is 14.2 Å². The van der Waals surface area contributed by atoms with Gasteiger partial charge in [-0.25, -0.2) is 4.98 Å². The quantitative estimate of drug-likeness (QED) is 0.277. The van der Waals surface area contributed by atoms with Crippen LogP contribution < -0.4 is 14.9 Å². The van der Waals surface area contributed by atoms with Crippen LogP contribution in [0.5, 0.6) is 11.5 Å². The van der Waals surface area contributed by atoms with E-state index in [1.165, 1.54) is 18.4 Å². The number of carbonyl (C=O) groups is 1. The van der Waals surface area contributed by atoms with E-state index in [9.17, 15) is 4.79 Å². The number of methoxy groups -OCH3 is 1. The molecule has 0 spiro atoms. The van der Waals surface area contributed by atoms with Crippen LogP contribution in [0.4, 0.5) is 5.13 Å². The van der Waals surface area contributed by atoms with Crippen LogP contribution in [0, 0.1) is 0 Å². The first-order valence-corrected chi connectivity index (χ1v) is 9.33. The summed E-state index contributed by atoms with van der Waals surface area (Å²) in [4.78, 5) is 15.7. The SMILES string of the molecule is C=CCOc1c(Cl)cc(C=NNc2nc(CC(=O)OCC)cs2)cc1OC. The van der Waals surface area contributed by atoms with Gasteiger partial charge in [0.15, 0.2) is 11.5 Å². The molecule has 0 saturated heterocycles. The molecule has 0 unspecified atom stereocenters. The number of thiazole rings is 1. The maximum Gasteiger partial charge on any atom is 0.311 e. The molecule has 1 aromatic carbocycles. The molecule has 27 heavy (non-hydrogen) atoms. The summed E-state index contributed by atoms with van der Waals surface area (Å²) in [7, 11) is 1.53. The van der Waals surface area contributed by atoms with Gasteiger partial charge in [-0.15, -0.1) is 11.3 Å². The van der Waals surface area contributed by atoms with Crippen molar-refractivity contribution >= 4 is 40.3 Å². The van der Waals surface area contributed by atoms with Crippen LogP contribution >= 0.6 is 22.9 Å². The van der Waals surface area contributed by atoms with Gasteiger partial charge in [0.1, 0.15) is 6.61 Å². The lowest BCUT2D eigenvalue weighted by Crippen LogP contribution is -2.07. The number of benzene rings is 1. The fraction of sp³-hybridized carbons (Fsp3) is 0.278. The molecule has 0 bridgehead atoms. The molecule has 1 aromatic heterocycles. The maximum atomic E-state index is 11.5. The van der Waals surface area contributed by atoms with Crippen molar-refractivity contribution in [3.63, 3.8) is 0 Å². The zero-order valence-corrected chi connectivity index (χ0v) is 16.6. The first kappa shape index (κ1) is 20.7. The van der Waals surface area contributed by atoms with E-state index in [1.807, 2.05) is 0 Å². The number of anilines is 1. The summed E-state index contributed by atoms with van der Waals surface area (Å²) in [6.45, 7) is 6.04. The number of ether oxygens (including phenoxy) is 3. The number of hydrogen-bond acceptors (Lipinski definition) is 8. The lowest BCUT2D eigenvalue weighted by Gasteiger charge is -2.11. The van der Waals surface area contributed by atoms with E-state index in [2.05, 4.69) is 22.1 Å². The molecule has 0 aliphatic rings. The molecule has 1 heterocycles. The Kier molecular flexibility index (Phi) is 8.09. The number of rotatable bonds is 10. The van der Waals surface area contributed by atoms with Gasteiger partial charge in [0, 0.05) is 5.38 Å². The van der Waals surface area contributed by atoms with Crippen LogP contribution in [-0.2, 0) is 16.0 Å². The molecule has 2 aromatic rings. The van der Waals surface area contributed by atoms with Gasteiger partial charge in [-0.1, -0.05) is 24.3 Å². The number of halogens is 1. The third-order valence-corrected chi connectivity index (χ3v) is 4.23. The van der Waals surface area contributed by atoms with Crippen LogP contribution in [0.3, 0.4) is 0 Å². The number of carbonyl (C=O) groups excluding carboxylic acids is 1. The summed E-state index contributed by atoms with van der Waals surface area (Å²) in [5.74, 6) is 0.642. The zero-order chi connectivity index (χ0) is 19.6. The minimum Gasteiger partial charge on any atom is -0.493 e. The number of hydrogen-bond donors (Lipinski definition) is 1. The van der Waals surface area contributed by atoms with Crippen molar-refractivity contribution in [2.45, 2.75) is 13.3 Å². The predicted molar refractivity (Wildman–Crippen MR) is 107 cm³/mol. The highest BCUT2D eigenvalue weighted by atomic mass is 35.5. The van der Waals surface area contributed by atoms with Crippen LogP contribution in [0.1, 0.15) is 18.2 Å². The maximum absolute atomic E-state index is 11.5. The van der Waals surface area contributed by atoms with Crippen molar-refractivity contribution in [1.82, 2.24) is 4.98 Å². The minimum atomic E-state index is -0.307. The second-order valence-corrected chi connectivity index (χ2v) is 6.39. The van der Waals surface area contributed by atoms with E-state index in [4.69, 9.17) is 25.8 Å². The van der Waals surface area contributed by atoms with Crippen LogP contribution in [0.25, 0.3) is 0 Å². The molecule has 0 saturated carbocycles. The fourth-order valence-corrected chi connectivity index (χ4v) is 2.99. The molecule has 0 atom stereocenters. The van der Waals surface area contributed by atoms with Crippen molar-refractivity contribution in [1.29, 1.82) is 0 Å². The first-order valence-electron chi connectivity index (χ1n) is 8.07. The second kappa shape index (κ2) is 10.5. The monoisotopic (exact) mass is 409 g/mol. The normalized spacial score (nSPS) is 10.6. The van der Waals surface area contributed by atoms with Gasteiger partial charge >= 0.3 is 5.97 Å². The van der Waals surface area contributed by atoms with Gasteiger partial charge in [0.25, 0.3) is 0 Å². The molecular formula is C18H20ClN3O4S. The van der Waals surface area contributed by atoms with Crippen LogP contribution in [0.2, 0.25) is 5.02 Å². The number of aromatic nitrogens is 1. The number of hydrazone groups is 1. The lowest BCUT2D eigenvalue weighted by atomic mass is 10.2. The van der Waals surface area contributed by atoms with Gasteiger partial charge in [0.05, 0.1) is 37.1 Å². The van der Waals surface area contributed by atoms with Crippen molar-refractivity contribution in [2.75, 3.05) is 25.7 Å². The van der Waals surface area contributed by atoms with Crippen molar-refractivity contribution < 1.29 is 19.0 Å². The highest BCUT2D eigenvalue weighted by Crippen LogP contribution is 2.36. The van der Waals surface area contributed by atoms with Gasteiger partial charge in [-0.3, -0.25) is 10.2 Å². The Bertz CT molecular complexity index is 823. The Morgan fingerprint density at radius 1 is 1.48 bits per heavy atom. The highest BCUT2D eigenvalue weighted by molar-refractivity contribution is 7.13. The smallest absolute Gasteiger partial charge is 0.311 e. The van der Waals surface area contributed by atoms with E-state index in [0.29, 0.717) is 40.6 Å². The van der Waals surface area contributed by atoms with Gasteiger partial charge in [0.2, 0.25) is 5.13 Å². The third kappa shape index (κ3) is 6.26. The Hall–Kier alpha value is -2.58. The molecular weight excluding hydrogens is 390 g/mol. The third-order valence-electron chi connectivity index (χ3n) is 3.15. The van der Waals surface area contributed by atoms with Crippen molar-refractivity contribution in [3.8, 4) is 11.5 Å². The summed E-state index contributed by atoms with van der Waals surface area (Å²) in [5.41, 5.74) is 4.17. The molecule has 7 nitrogen and oxygen atoms in total. The lowest BCUT2D eigenvalue weighted by molar-refractivity contribution is -0.142. The number of nitrogens with zero attached hydrogens (tertiary/aromatic N) is 2. The molecule has 0 radical (unpaired) electrons. The molecule has 2 rings (SSSR count). The molecule has 1 N–H and O–H groups in total. The van der Waals surface area contributed by atoms with E-state index in [0.717, 1.165) is 5.56 Å². The van der Waals surface area contributed by atoms with Gasteiger partial charge in [-0.05, 0) is 24.6 Å². The second-order valence-electron chi connectivity index (χ2n) is 5.13. The largest absolute Gasteiger partial charge is 0.493 e. The molecule has 0 aliphatic carbocycles. The van der Waals surface area contributed by atoms with Crippen molar-refractivity contribution in [2.24, 2.45) is 5.10 Å². The van der Waals surface area contributed by atoms with E-state index in [-0.39, 0.29) is 12.4 Å². The fourth-order valence-electron chi connectivity index (χ4n) is 2.06. The predicted octanol–water partition coefficient (Wildman–Crippen LogP) is 3.92. The standard InChI is InChI=1S/C18H20ClN3O4S/c1-4-6-26-17-14(19)7-12(8-15(17)24-3)10-20-22-18-21-13(11-27-18)9-16(23)25-5-2/h4,7-8,10-11H,1,5-6,9H2,2-3H3,(H,21,22). The van der Waals surface area contributed by atoms with E-state index in [1.54, 1.807) is 36.7 Å². The minimum absolute atomic E-state index is 0.134. The summed E-state index contributed by atoms with van der Waals surface area (Å²) >= 11 is 7.59. The average Bonchev–Trinajstić information content (AvgIpc) is 3.07. The summed E-state index contributed by atoms with van der Waals surface area (Å²) in [6.07, 6.45) is 3.34. The average molecular weight is 410 g/mol. The van der Waals surface area contributed by atoms with Crippen LogP contribution in [-0.4, -0.2) is 37.5 Å². The highest BCUT2D eigenvalue weighted by Gasteiger charge is 2.11. The molecule has 9 heteroatoms. The Morgan fingerprint density at radius 3 is 3.00 bits per heavy atom. The first-order chi connectivity index (χ1) is 13.1. The van der Waals surface area contributed by atoms with Crippen LogP contribution in [0.15, 0.2) is 35.3 Å². The Labute approximate surface area is 166 Å². The number of nitrogens with one attached hydrogen (secondary N) is 1. The molecule has 0 amide bonds. The molecule has 0 fully saturated rings. The summed E-state index contributed by atoms with van der Waals surface area (Å²) < 4.78 is 15.7.